The van der Waals surface area contributed by atoms with Gasteiger partial charge in [-0.05, 0) is 26.8 Å². The molecule has 1 fully saturated rings. The number of carbonyl (C=O) groups excluding carboxylic acids is 1. The zero-order chi connectivity index (χ0) is 14.0. The molecule has 0 spiro atoms. The molecule has 0 saturated carbocycles. The lowest BCUT2D eigenvalue weighted by molar-refractivity contribution is -0.145. The molecule has 6 nitrogen and oxygen atoms in total. The van der Waals surface area contributed by atoms with E-state index in [1.165, 1.54) is 0 Å². The maximum atomic E-state index is 11.9. The van der Waals surface area contributed by atoms with E-state index in [1.807, 2.05) is 24.8 Å². The van der Waals surface area contributed by atoms with Gasteiger partial charge >= 0.3 is 0 Å². The van der Waals surface area contributed by atoms with Gasteiger partial charge < -0.3 is 15.0 Å². The summed E-state index contributed by atoms with van der Waals surface area (Å²) in [7, 11) is 1.61. The van der Waals surface area contributed by atoms with E-state index in [-0.39, 0.29) is 5.91 Å². The van der Waals surface area contributed by atoms with Crippen molar-refractivity contribution < 1.29 is 9.53 Å². The number of carbonyl (C=O) groups is 1. The van der Waals surface area contributed by atoms with E-state index in [0.717, 1.165) is 11.4 Å². The van der Waals surface area contributed by atoms with Crippen LogP contribution in [0, 0.1) is 13.8 Å². The molecule has 2 rings (SSSR count). The van der Waals surface area contributed by atoms with Crippen molar-refractivity contribution in [2.45, 2.75) is 26.4 Å². The Morgan fingerprint density at radius 1 is 1.42 bits per heavy atom. The van der Waals surface area contributed by atoms with Crippen molar-refractivity contribution >= 4 is 11.9 Å². The topological polar surface area (TPSA) is 67.4 Å². The van der Waals surface area contributed by atoms with Gasteiger partial charge in [0.2, 0.25) is 5.95 Å². The molecule has 1 amide bonds. The first-order valence-electron chi connectivity index (χ1n) is 6.38. The van der Waals surface area contributed by atoms with Gasteiger partial charge in [0.1, 0.15) is 0 Å². The van der Waals surface area contributed by atoms with Crippen molar-refractivity contribution in [1.29, 1.82) is 0 Å². The molecule has 0 aromatic carbocycles. The lowest BCUT2D eigenvalue weighted by atomic mass is 10.0. The molecule has 2 heterocycles. The zero-order valence-electron chi connectivity index (χ0n) is 11.9. The number of ether oxygens (including phenoxy) is 1. The highest BCUT2D eigenvalue weighted by molar-refractivity contribution is 5.85. The lowest BCUT2D eigenvalue weighted by Crippen LogP contribution is -2.58. The Labute approximate surface area is 113 Å². The molecule has 6 heteroatoms. The maximum absolute atomic E-state index is 11.9. The van der Waals surface area contributed by atoms with Gasteiger partial charge in [-0.2, -0.15) is 0 Å². The van der Waals surface area contributed by atoms with Crippen LogP contribution >= 0.6 is 0 Å². The van der Waals surface area contributed by atoms with Crippen LogP contribution in [-0.2, 0) is 9.53 Å². The van der Waals surface area contributed by atoms with Crippen LogP contribution in [0.15, 0.2) is 6.07 Å². The Kier molecular flexibility index (Phi) is 3.71. The van der Waals surface area contributed by atoms with Crippen LogP contribution < -0.4 is 10.2 Å². The van der Waals surface area contributed by atoms with Crippen LogP contribution in [0.5, 0.6) is 0 Å². The summed E-state index contributed by atoms with van der Waals surface area (Å²) in [4.78, 5) is 22.8. The van der Waals surface area contributed by atoms with Crippen LogP contribution in [0.25, 0.3) is 0 Å². The molecule has 1 saturated heterocycles. The van der Waals surface area contributed by atoms with Gasteiger partial charge in [0.15, 0.2) is 5.60 Å². The van der Waals surface area contributed by atoms with E-state index in [2.05, 4.69) is 15.3 Å². The summed E-state index contributed by atoms with van der Waals surface area (Å²) >= 11 is 0. The highest BCUT2D eigenvalue weighted by atomic mass is 16.5. The summed E-state index contributed by atoms with van der Waals surface area (Å²) in [5.41, 5.74) is 1.000. The number of amides is 1. The first kappa shape index (κ1) is 13.7. The van der Waals surface area contributed by atoms with Crippen molar-refractivity contribution in [3.8, 4) is 0 Å². The summed E-state index contributed by atoms with van der Waals surface area (Å²) in [5, 5.41) is 2.64. The molecule has 1 aromatic rings. The summed E-state index contributed by atoms with van der Waals surface area (Å²) in [6.07, 6.45) is 0. The van der Waals surface area contributed by atoms with Gasteiger partial charge in [-0.25, -0.2) is 9.97 Å². The number of anilines is 1. The molecule has 1 aliphatic rings. The molecule has 19 heavy (non-hydrogen) atoms. The average molecular weight is 264 g/mol. The Morgan fingerprint density at radius 2 is 2.05 bits per heavy atom. The second kappa shape index (κ2) is 5.13. The summed E-state index contributed by atoms with van der Waals surface area (Å²) in [6, 6.07) is 1.93. The number of morpholine rings is 1. The first-order valence-corrected chi connectivity index (χ1v) is 6.38. The average Bonchev–Trinajstić information content (AvgIpc) is 2.36. The molecule has 1 N–H and O–H groups in total. The van der Waals surface area contributed by atoms with E-state index in [1.54, 1.807) is 14.0 Å². The molecule has 1 aromatic heterocycles. The normalized spacial score (nSPS) is 23.3. The lowest BCUT2D eigenvalue weighted by Gasteiger charge is -2.39. The molecule has 1 atom stereocenters. The fourth-order valence-electron chi connectivity index (χ4n) is 2.29. The highest BCUT2D eigenvalue weighted by Gasteiger charge is 2.39. The molecule has 1 aliphatic heterocycles. The molecule has 0 bridgehead atoms. The van der Waals surface area contributed by atoms with E-state index in [9.17, 15) is 4.79 Å². The summed E-state index contributed by atoms with van der Waals surface area (Å²) < 4.78 is 5.62. The number of hydrogen-bond donors (Lipinski definition) is 1. The van der Waals surface area contributed by atoms with Gasteiger partial charge in [0.05, 0.1) is 13.2 Å². The number of nitrogens with one attached hydrogen (secondary N) is 1. The number of aromatic nitrogens is 2. The van der Waals surface area contributed by atoms with E-state index < -0.39 is 5.60 Å². The highest BCUT2D eigenvalue weighted by Crippen LogP contribution is 2.21. The quantitative estimate of drug-likeness (QED) is 0.839. The molecular weight excluding hydrogens is 244 g/mol. The van der Waals surface area contributed by atoms with E-state index in [4.69, 9.17) is 4.74 Å². The molecular formula is C13H20N4O2. The Bertz CT molecular complexity index is 471. The Hall–Kier alpha value is -1.69. The van der Waals surface area contributed by atoms with E-state index >= 15 is 0 Å². The van der Waals surface area contributed by atoms with Crippen molar-refractivity contribution in [2.24, 2.45) is 0 Å². The van der Waals surface area contributed by atoms with Crippen LogP contribution in [0.4, 0.5) is 5.95 Å². The minimum absolute atomic E-state index is 0.124. The van der Waals surface area contributed by atoms with Crippen LogP contribution in [0.2, 0.25) is 0 Å². The van der Waals surface area contributed by atoms with Gasteiger partial charge in [0, 0.05) is 25.0 Å². The monoisotopic (exact) mass is 264 g/mol. The van der Waals surface area contributed by atoms with Gasteiger partial charge in [-0.3, -0.25) is 4.79 Å². The molecule has 0 aliphatic carbocycles. The second-order valence-corrected chi connectivity index (χ2v) is 5.03. The summed E-state index contributed by atoms with van der Waals surface area (Å²) in [6.45, 7) is 7.30. The van der Waals surface area contributed by atoms with Crippen molar-refractivity contribution in [3.63, 3.8) is 0 Å². The molecule has 104 valence electrons. The predicted molar refractivity (Wildman–Crippen MR) is 72.1 cm³/mol. The van der Waals surface area contributed by atoms with Gasteiger partial charge in [-0.1, -0.05) is 0 Å². The second-order valence-electron chi connectivity index (χ2n) is 5.03. The minimum Gasteiger partial charge on any atom is -0.362 e. The van der Waals surface area contributed by atoms with Gasteiger partial charge in [-0.15, -0.1) is 0 Å². The Balaban J connectivity index is 2.23. The summed E-state index contributed by atoms with van der Waals surface area (Å²) in [5.74, 6) is 0.539. The number of hydrogen-bond acceptors (Lipinski definition) is 5. The zero-order valence-corrected chi connectivity index (χ0v) is 11.9. The number of nitrogens with zero attached hydrogens (tertiary/aromatic N) is 3. The third kappa shape index (κ3) is 2.84. The maximum Gasteiger partial charge on any atom is 0.253 e. The third-order valence-corrected chi connectivity index (χ3v) is 3.24. The fourth-order valence-corrected chi connectivity index (χ4v) is 2.29. The predicted octanol–water partition coefficient (Wildman–Crippen LogP) is 0.435. The number of aryl methyl sites for hydroxylation is 2. The van der Waals surface area contributed by atoms with Crippen LogP contribution in [0.1, 0.15) is 18.3 Å². The smallest absolute Gasteiger partial charge is 0.253 e. The van der Waals surface area contributed by atoms with Crippen molar-refractivity contribution in [3.05, 3.63) is 17.5 Å². The third-order valence-electron chi connectivity index (χ3n) is 3.24. The van der Waals surface area contributed by atoms with Crippen molar-refractivity contribution in [1.82, 2.24) is 15.3 Å². The van der Waals surface area contributed by atoms with Crippen LogP contribution in [-0.4, -0.2) is 48.2 Å². The van der Waals surface area contributed by atoms with Crippen LogP contribution in [0.3, 0.4) is 0 Å². The number of likely N-dealkylation sites (N-methyl/N-ethyl adjacent to an activating group) is 1. The first-order chi connectivity index (χ1) is 8.94. The fraction of sp³-hybridized carbons (Fsp3) is 0.615. The SMILES string of the molecule is CNC(=O)C1(C)CN(c2nc(C)cc(C)n2)CCO1. The minimum atomic E-state index is -0.853. The van der Waals surface area contributed by atoms with Crippen molar-refractivity contribution in [2.75, 3.05) is 31.6 Å². The molecule has 1 unspecified atom stereocenters. The Morgan fingerprint density at radius 3 is 2.63 bits per heavy atom. The van der Waals surface area contributed by atoms with Gasteiger partial charge in [0.25, 0.3) is 5.91 Å². The number of rotatable bonds is 2. The van der Waals surface area contributed by atoms with E-state index in [0.29, 0.717) is 25.6 Å². The largest absolute Gasteiger partial charge is 0.362 e. The molecule has 0 radical (unpaired) electrons. The standard InChI is InChI=1S/C13H20N4O2/c1-9-7-10(2)16-12(15-9)17-5-6-19-13(3,8-17)11(18)14-4/h7H,5-6,8H2,1-4H3,(H,14,18).